The zero-order chi connectivity index (χ0) is 28.4. The summed E-state index contributed by atoms with van der Waals surface area (Å²) in [5, 5.41) is 0.723. The van der Waals surface area contributed by atoms with Gasteiger partial charge in [0.15, 0.2) is 0 Å². The van der Waals surface area contributed by atoms with E-state index < -0.39 is 0 Å². The zero-order valence-corrected chi connectivity index (χ0v) is 28.1. The van der Waals surface area contributed by atoms with Crippen molar-refractivity contribution in [3.8, 4) is 0 Å². The Morgan fingerprint density at radius 3 is 2.14 bits per heavy atom. The summed E-state index contributed by atoms with van der Waals surface area (Å²) >= 11 is 9.88. The van der Waals surface area contributed by atoms with Crippen LogP contribution in [0.3, 0.4) is 0 Å². The Labute approximate surface area is 281 Å². The Bertz CT molecular complexity index is 1500. The van der Waals surface area contributed by atoms with E-state index >= 15 is 0 Å². The summed E-state index contributed by atoms with van der Waals surface area (Å²) in [6.07, 6.45) is 0.904. The standard InChI is InChI=1S/C35H35BrClN3O.2ClH/c1-26(38-19-21-39(22-20-38)32-8-3-2-4-9-32)23-35(29-13-17-31(37)18-14-29)25-40(24-28-7-5-6-10-33(28)35)34(41)27-11-15-30(36)16-12-27;;/h2-18,26H,19-25H2,1H3;2*1H. The first-order valence-electron chi connectivity index (χ1n) is 14.4. The predicted molar refractivity (Wildman–Crippen MR) is 186 cm³/mol. The lowest BCUT2D eigenvalue weighted by atomic mass is 9.66. The van der Waals surface area contributed by atoms with E-state index in [0.29, 0.717) is 24.7 Å². The van der Waals surface area contributed by atoms with Crippen molar-refractivity contribution in [2.45, 2.75) is 31.3 Å². The quantitative estimate of drug-likeness (QED) is 0.202. The molecule has 0 spiro atoms. The van der Waals surface area contributed by atoms with Gasteiger partial charge in [-0.2, -0.15) is 0 Å². The maximum Gasteiger partial charge on any atom is 0.254 e. The highest BCUT2D eigenvalue weighted by Crippen LogP contribution is 2.44. The zero-order valence-electron chi connectivity index (χ0n) is 24.2. The second-order valence-electron chi connectivity index (χ2n) is 11.3. The highest BCUT2D eigenvalue weighted by molar-refractivity contribution is 9.10. The number of fused-ring (bicyclic) bond motifs is 1. The number of hydrogen-bond acceptors (Lipinski definition) is 3. The van der Waals surface area contributed by atoms with Gasteiger partial charge in [-0.25, -0.2) is 0 Å². The van der Waals surface area contributed by atoms with Crippen LogP contribution in [0.2, 0.25) is 5.02 Å². The van der Waals surface area contributed by atoms with Gasteiger partial charge in [0.05, 0.1) is 0 Å². The van der Waals surface area contributed by atoms with Crippen LogP contribution in [0.25, 0.3) is 0 Å². The van der Waals surface area contributed by atoms with E-state index in [4.69, 9.17) is 11.6 Å². The molecule has 226 valence electrons. The number of nitrogens with zero attached hydrogens (tertiary/aromatic N) is 3. The number of halogens is 4. The maximum atomic E-state index is 13.9. The van der Waals surface area contributed by atoms with Crippen LogP contribution in [0.15, 0.2) is 108 Å². The molecule has 2 atom stereocenters. The van der Waals surface area contributed by atoms with Gasteiger partial charge >= 0.3 is 0 Å². The molecule has 2 heterocycles. The molecule has 0 N–H and O–H groups in total. The van der Waals surface area contributed by atoms with Crippen molar-refractivity contribution in [1.29, 1.82) is 0 Å². The molecule has 1 saturated heterocycles. The topological polar surface area (TPSA) is 26.8 Å². The average molecular weight is 702 g/mol. The van der Waals surface area contributed by atoms with Crippen LogP contribution >= 0.6 is 52.3 Å². The molecule has 0 radical (unpaired) electrons. The summed E-state index contributed by atoms with van der Waals surface area (Å²) in [4.78, 5) is 21.1. The Hall–Kier alpha value is -2.54. The molecule has 4 aromatic rings. The number of carbonyl (C=O) groups excluding carboxylic acids is 1. The molecular formula is C35H37BrCl3N3O. The number of para-hydroxylation sites is 1. The largest absolute Gasteiger partial charge is 0.369 e. The molecule has 0 bridgehead atoms. The summed E-state index contributed by atoms with van der Waals surface area (Å²) in [5.74, 6) is 0.0643. The van der Waals surface area contributed by atoms with E-state index in [-0.39, 0.29) is 36.1 Å². The fourth-order valence-electron chi connectivity index (χ4n) is 6.72. The van der Waals surface area contributed by atoms with Gasteiger partial charge in [0, 0.05) is 71.5 Å². The van der Waals surface area contributed by atoms with Gasteiger partial charge in [0.2, 0.25) is 0 Å². The number of rotatable bonds is 6. The molecule has 0 aliphatic carbocycles. The first-order valence-corrected chi connectivity index (χ1v) is 15.5. The molecule has 1 amide bonds. The number of carbonyl (C=O) groups is 1. The lowest BCUT2D eigenvalue weighted by Gasteiger charge is -2.48. The van der Waals surface area contributed by atoms with Crippen molar-refractivity contribution in [2.24, 2.45) is 0 Å². The lowest BCUT2D eigenvalue weighted by Crippen LogP contribution is -2.54. The van der Waals surface area contributed by atoms with E-state index in [1.54, 1.807) is 0 Å². The molecule has 0 aromatic heterocycles. The number of amides is 1. The van der Waals surface area contributed by atoms with Gasteiger partial charge in [-0.05, 0) is 78.6 Å². The van der Waals surface area contributed by atoms with Crippen molar-refractivity contribution in [3.05, 3.63) is 135 Å². The summed E-state index contributed by atoms with van der Waals surface area (Å²) in [6.45, 7) is 7.61. The van der Waals surface area contributed by atoms with E-state index in [9.17, 15) is 4.79 Å². The predicted octanol–water partition coefficient (Wildman–Crippen LogP) is 8.49. The first-order chi connectivity index (χ1) is 19.9. The molecule has 4 nitrogen and oxygen atoms in total. The summed E-state index contributed by atoms with van der Waals surface area (Å²) < 4.78 is 0.967. The van der Waals surface area contributed by atoms with Crippen molar-refractivity contribution in [2.75, 3.05) is 37.6 Å². The van der Waals surface area contributed by atoms with Crippen LogP contribution in [0.1, 0.15) is 40.4 Å². The highest BCUT2D eigenvalue weighted by atomic mass is 79.9. The highest BCUT2D eigenvalue weighted by Gasteiger charge is 2.44. The molecule has 0 saturated carbocycles. The van der Waals surface area contributed by atoms with Gasteiger partial charge in [0.1, 0.15) is 0 Å². The van der Waals surface area contributed by atoms with E-state index in [2.05, 4.69) is 99.4 Å². The monoisotopic (exact) mass is 699 g/mol. The van der Waals surface area contributed by atoms with Crippen molar-refractivity contribution in [1.82, 2.24) is 9.80 Å². The van der Waals surface area contributed by atoms with Gasteiger partial charge in [-0.3, -0.25) is 9.69 Å². The summed E-state index contributed by atoms with van der Waals surface area (Å²) in [5.41, 5.74) is 5.37. The van der Waals surface area contributed by atoms with E-state index in [0.717, 1.165) is 42.1 Å². The minimum absolute atomic E-state index is 0. The van der Waals surface area contributed by atoms with E-state index in [1.165, 1.54) is 22.4 Å². The summed E-state index contributed by atoms with van der Waals surface area (Å²) in [7, 11) is 0. The van der Waals surface area contributed by atoms with Crippen molar-refractivity contribution < 1.29 is 4.79 Å². The van der Waals surface area contributed by atoms with Crippen molar-refractivity contribution in [3.63, 3.8) is 0 Å². The lowest BCUT2D eigenvalue weighted by molar-refractivity contribution is 0.0659. The van der Waals surface area contributed by atoms with Gasteiger partial charge in [-0.15, -0.1) is 24.8 Å². The Balaban J connectivity index is 0.00000212. The molecular weight excluding hydrogens is 665 g/mol. The fraction of sp³-hybridized carbons (Fsp3) is 0.286. The first kappa shape index (κ1) is 33.4. The molecule has 43 heavy (non-hydrogen) atoms. The third-order valence-electron chi connectivity index (χ3n) is 8.83. The minimum Gasteiger partial charge on any atom is -0.369 e. The summed E-state index contributed by atoms with van der Waals surface area (Å²) in [6, 6.07) is 35.7. The SMILES string of the molecule is CC(CC1(c2ccc(Cl)cc2)CN(C(=O)c2ccc(Br)cc2)Cc2ccccc21)N1CCN(c2ccccc2)CC1.Cl.Cl. The minimum atomic E-state index is -0.361. The van der Waals surface area contributed by atoms with Crippen LogP contribution < -0.4 is 4.90 Å². The molecule has 1 fully saturated rings. The van der Waals surface area contributed by atoms with Crippen LogP contribution in [0.4, 0.5) is 5.69 Å². The van der Waals surface area contributed by atoms with Crippen LogP contribution in [-0.4, -0.2) is 54.5 Å². The Morgan fingerprint density at radius 2 is 1.47 bits per heavy atom. The fourth-order valence-corrected chi connectivity index (χ4v) is 7.11. The van der Waals surface area contributed by atoms with Crippen LogP contribution in [0.5, 0.6) is 0 Å². The Morgan fingerprint density at radius 1 is 0.837 bits per heavy atom. The number of benzene rings is 4. The number of anilines is 1. The maximum absolute atomic E-state index is 13.9. The average Bonchev–Trinajstić information content (AvgIpc) is 3.02. The molecule has 2 aliphatic rings. The molecule has 2 aliphatic heterocycles. The van der Waals surface area contributed by atoms with E-state index in [1.807, 2.05) is 41.3 Å². The van der Waals surface area contributed by atoms with Gasteiger partial charge in [0.25, 0.3) is 5.91 Å². The molecule has 6 rings (SSSR count). The van der Waals surface area contributed by atoms with Gasteiger partial charge in [-0.1, -0.05) is 82.1 Å². The second kappa shape index (κ2) is 14.5. The third kappa shape index (κ3) is 7.08. The molecule has 4 aromatic carbocycles. The van der Waals surface area contributed by atoms with Gasteiger partial charge < -0.3 is 9.80 Å². The molecule has 2 unspecified atom stereocenters. The Kier molecular flexibility index (Phi) is 11.2. The third-order valence-corrected chi connectivity index (χ3v) is 9.61. The van der Waals surface area contributed by atoms with Crippen LogP contribution in [-0.2, 0) is 12.0 Å². The normalized spacial score (nSPS) is 19.0. The smallest absolute Gasteiger partial charge is 0.254 e. The second-order valence-corrected chi connectivity index (χ2v) is 12.7. The number of piperazine rings is 1. The van der Waals surface area contributed by atoms with Crippen LogP contribution in [0, 0.1) is 0 Å². The number of hydrogen-bond donors (Lipinski definition) is 0. The molecule has 8 heteroatoms. The van der Waals surface area contributed by atoms with Crippen molar-refractivity contribution >= 4 is 63.9 Å².